The van der Waals surface area contributed by atoms with Gasteiger partial charge in [0.1, 0.15) is 11.2 Å². The molecule has 2 bridgehead atoms. The van der Waals surface area contributed by atoms with Crippen LogP contribution in [0.2, 0.25) is 0 Å². The van der Waals surface area contributed by atoms with Gasteiger partial charge in [-0.05, 0) is 92.9 Å². The lowest BCUT2D eigenvalue weighted by Gasteiger charge is -2.42. The molecule has 0 aromatic heterocycles. The number of amides is 2. The predicted octanol–water partition coefficient (Wildman–Crippen LogP) is 4.54. The van der Waals surface area contributed by atoms with Gasteiger partial charge in [-0.3, -0.25) is 0 Å². The molecule has 2 amide bonds. The topological polar surface area (TPSA) is 71.1 Å². The first-order valence-corrected chi connectivity index (χ1v) is 12.1. The van der Waals surface area contributed by atoms with Crippen molar-refractivity contribution in [1.82, 2.24) is 15.1 Å². The van der Waals surface area contributed by atoms with Gasteiger partial charge in [0.25, 0.3) is 0 Å². The maximum Gasteiger partial charge on any atom is 0.410 e. The number of fused-ring (bicyclic) bond motifs is 2. The minimum absolute atomic E-state index is 0.160. The van der Waals surface area contributed by atoms with Gasteiger partial charge in [-0.2, -0.15) is 0 Å². The predicted molar refractivity (Wildman–Crippen MR) is 121 cm³/mol. The molecular weight excluding hydrogens is 394 g/mol. The molecule has 0 saturated carbocycles. The Hall–Kier alpha value is -1.50. The molecule has 7 nitrogen and oxygen atoms in total. The maximum atomic E-state index is 12.7. The van der Waals surface area contributed by atoms with Gasteiger partial charge in [0.15, 0.2) is 0 Å². The van der Waals surface area contributed by atoms with Gasteiger partial charge in [-0.25, -0.2) is 9.59 Å². The Morgan fingerprint density at radius 2 is 1.45 bits per heavy atom. The average molecular weight is 438 g/mol. The Labute approximate surface area is 188 Å². The fourth-order valence-electron chi connectivity index (χ4n) is 5.34. The van der Waals surface area contributed by atoms with Crippen LogP contribution in [-0.2, 0) is 9.47 Å². The van der Waals surface area contributed by atoms with Gasteiger partial charge in [0.05, 0.1) is 0 Å². The summed E-state index contributed by atoms with van der Waals surface area (Å²) in [7, 11) is 0. The summed E-state index contributed by atoms with van der Waals surface area (Å²) in [6.45, 7) is 15.3. The van der Waals surface area contributed by atoms with Crippen LogP contribution in [0.5, 0.6) is 0 Å². The second-order valence-corrected chi connectivity index (χ2v) is 11.7. The number of likely N-dealkylation sites (tertiary alicyclic amines) is 1. The number of hydrogen-bond acceptors (Lipinski definition) is 5. The van der Waals surface area contributed by atoms with Crippen LogP contribution in [0, 0.1) is 5.92 Å². The highest BCUT2D eigenvalue weighted by atomic mass is 16.6. The molecule has 178 valence electrons. The average Bonchev–Trinajstić information content (AvgIpc) is 2.90. The Morgan fingerprint density at radius 3 is 2.00 bits per heavy atom. The van der Waals surface area contributed by atoms with E-state index in [1.54, 1.807) is 0 Å². The van der Waals surface area contributed by atoms with Crippen molar-refractivity contribution < 1.29 is 19.1 Å². The molecule has 4 atom stereocenters. The SMILES string of the molecule is CC(NC1CC2CCC(C1)N2C(=O)OC(C)(C)C)C1CCCN(C(=O)OC(C)(C)C)C1. The molecule has 3 heterocycles. The standard InChI is InChI=1S/C24H43N3O4/c1-16(17-9-8-12-26(15-17)21(28)30-23(2,3)4)25-18-13-19-10-11-20(14-18)27(19)22(29)31-24(5,6)7/h16-20,25H,8-15H2,1-7H3. The zero-order chi connectivity index (χ0) is 23.0. The number of rotatable bonds is 3. The molecule has 0 aliphatic carbocycles. The molecule has 3 fully saturated rings. The van der Waals surface area contributed by atoms with E-state index in [0.717, 1.165) is 51.6 Å². The van der Waals surface area contributed by atoms with Crippen LogP contribution in [0.25, 0.3) is 0 Å². The molecule has 0 aromatic carbocycles. The van der Waals surface area contributed by atoms with Gasteiger partial charge in [0.2, 0.25) is 0 Å². The largest absolute Gasteiger partial charge is 0.444 e. The summed E-state index contributed by atoms with van der Waals surface area (Å²) < 4.78 is 11.2. The molecule has 0 spiro atoms. The minimum Gasteiger partial charge on any atom is -0.444 e. The lowest BCUT2D eigenvalue weighted by atomic mass is 9.89. The van der Waals surface area contributed by atoms with Crippen LogP contribution in [0.3, 0.4) is 0 Å². The van der Waals surface area contributed by atoms with Gasteiger partial charge >= 0.3 is 12.2 Å². The third kappa shape index (κ3) is 6.50. The molecule has 3 rings (SSSR count). The first-order valence-electron chi connectivity index (χ1n) is 12.1. The first kappa shape index (κ1) is 24.1. The molecule has 3 saturated heterocycles. The molecule has 0 aromatic rings. The Morgan fingerprint density at radius 1 is 0.903 bits per heavy atom. The van der Waals surface area contributed by atoms with Gasteiger partial charge in [-0.15, -0.1) is 0 Å². The summed E-state index contributed by atoms with van der Waals surface area (Å²) in [5, 5.41) is 3.85. The highest BCUT2D eigenvalue weighted by Gasteiger charge is 2.45. The zero-order valence-corrected chi connectivity index (χ0v) is 20.6. The van der Waals surface area contributed by atoms with E-state index in [4.69, 9.17) is 9.47 Å². The molecule has 1 N–H and O–H groups in total. The van der Waals surface area contributed by atoms with Crippen molar-refractivity contribution in [1.29, 1.82) is 0 Å². The van der Waals surface area contributed by atoms with Crippen molar-refractivity contribution in [3.8, 4) is 0 Å². The van der Waals surface area contributed by atoms with Crippen molar-refractivity contribution in [2.24, 2.45) is 5.92 Å². The molecule has 31 heavy (non-hydrogen) atoms. The Bertz CT molecular complexity index is 640. The summed E-state index contributed by atoms with van der Waals surface area (Å²) in [5.41, 5.74) is -0.920. The highest BCUT2D eigenvalue weighted by molar-refractivity contribution is 5.69. The second-order valence-electron chi connectivity index (χ2n) is 11.7. The van der Waals surface area contributed by atoms with E-state index in [2.05, 4.69) is 12.2 Å². The molecule has 3 aliphatic heterocycles. The van der Waals surface area contributed by atoms with Crippen LogP contribution < -0.4 is 5.32 Å². The minimum atomic E-state index is -0.463. The van der Waals surface area contributed by atoms with Gasteiger partial charge < -0.3 is 24.6 Å². The number of piperidine rings is 2. The van der Waals surface area contributed by atoms with E-state index >= 15 is 0 Å². The van der Waals surface area contributed by atoms with Crippen LogP contribution >= 0.6 is 0 Å². The Balaban J connectivity index is 1.52. The lowest BCUT2D eigenvalue weighted by molar-refractivity contribution is 0.00336. The normalized spacial score (nSPS) is 30.2. The summed E-state index contributed by atoms with van der Waals surface area (Å²) in [4.78, 5) is 29.0. The molecule has 3 aliphatic rings. The molecule has 0 radical (unpaired) electrons. The second kappa shape index (κ2) is 9.16. The number of nitrogens with zero attached hydrogens (tertiary/aromatic N) is 2. The number of hydrogen-bond donors (Lipinski definition) is 1. The number of nitrogens with one attached hydrogen (secondary N) is 1. The van der Waals surface area contributed by atoms with Crippen molar-refractivity contribution in [2.45, 2.75) is 122 Å². The van der Waals surface area contributed by atoms with Crippen molar-refractivity contribution in [3.05, 3.63) is 0 Å². The number of carbonyl (C=O) groups excluding carboxylic acids is 2. The summed E-state index contributed by atoms with van der Waals surface area (Å²) >= 11 is 0. The van der Waals surface area contributed by atoms with Crippen molar-refractivity contribution in [3.63, 3.8) is 0 Å². The quantitative estimate of drug-likeness (QED) is 0.702. The lowest BCUT2D eigenvalue weighted by Crippen LogP contribution is -2.55. The molecular formula is C24H43N3O4. The Kier molecular flexibility index (Phi) is 7.14. The van der Waals surface area contributed by atoms with Crippen LogP contribution in [0.4, 0.5) is 9.59 Å². The third-order valence-corrected chi connectivity index (χ3v) is 6.65. The smallest absolute Gasteiger partial charge is 0.410 e. The van der Waals surface area contributed by atoms with E-state index < -0.39 is 11.2 Å². The van der Waals surface area contributed by atoms with Crippen LogP contribution in [0.15, 0.2) is 0 Å². The van der Waals surface area contributed by atoms with Gasteiger partial charge in [0, 0.05) is 37.3 Å². The van der Waals surface area contributed by atoms with Crippen LogP contribution in [-0.4, -0.2) is 70.4 Å². The van der Waals surface area contributed by atoms with E-state index in [0.29, 0.717) is 18.0 Å². The number of ether oxygens (including phenoxy) is 2. The van der Waals surface area contributed by atoms with E-state index in [9.17, 15) is 9.59 Å². The van der Waals surface area contributed by atoms with E-state index in [-0.39, 0.29) is 24.3 Å². The molecule has 7 heteroatoms. The zero-order valence-electron chi connectivity index (χ0n) is 20.6. The van der Waals surface area contributed by atoms with E-state index in [1.807, 2.05) is 51.3 Å². The summed E-state index contributed by atoms with van der Waals surface area (Å²) in [5.74, 6) is 0.419. The van der Waals surface area contributed by atoms with Gasteiger partial charge in [-0.1, -0.05) is 0 Å². The first-order chi connectivity index (χ1) is 14.3. The highest BCUT2D eigenvalue weighted by Crippen LogP contribution is 2.37. The summed E-state index contributed by atoms with van der Waals surface area (Å²) in [6.07, 6.45) is 5.85. The van der Waals surface area contributed by atoms with Crippen molar-refractivity contribution >= 4 is 12.2 Å². The molecule has 4 unspecified atom stereocenters. The number of carbonyl (C=O) groups is 2. The maximum absolute atomic E-state index is 12.7. The fourth-order valence-corrected chi connectivity index (χ4v) is 5.34. The fraction of sp³-hybridized carbons (Fsp3) is 0.917. The summed E-state index contributed by atoms with van der Waals surface area (Å²) in [6, 6.07) is 1.26. The third-order valence-electron chi connectivity index (χ3n) is 6.65. The van der Waals surface area contributed by atoms with Crippen LogP contribution in [0.1, 0.15) is 87.0 Å². The monoisotopic (exact) mass is 437 g/mol. The van der Waals surface area contributed by atoms with Crippen molar-refractivity contribution in [2.75, 3.05) is 13.1 Å². The van der Waals surface area contributed by atoms with E-state index in [1.165, 1.54) is 0 Å².